The number of nitrogens with zero attached hydrogens (tertiary/aromatic N) is 2. The van der Waals surface area contributed by atoms with Gasteiger partial charge in [-0.2, -0.15) is 5.10 Å². The van der Waals surface area contributed by atoms with Crippen LogP contribution in [0.5, 0.6) is 5.75 Å². The monoisotopic (exact) mass is 351 g/mol. The molecule has 1 amide bonds. The van der Waals surface area contributed by atoms with Gasteiger partial charge in [0.25, 0.3) is 5.91 Å². The van der Waals surface area contributed by atoms with Crippen LogP contribution in [0.4, 0.5) is 5.88 Å². The molecular weight excluding hydrogens is 338 g/mol. The third kappa shape index (κ3) is 3.85. The van der Waals surface area contributed by atoms with Gasteiger partial charge in [-0.25, -0.2) is 5.43 Å². The smallest absolute Gasteiger partial charge is 0.271 e. The Morgan fingerprint density at radius 1 is 1.43 bits per heavy atom. The average Bonchev–Trinajstić information content (AvgIpc) is 2.80. The van der Waals surface area contributed by atoms with Crippen LogP contribution in [0.25, 0.3) is 0 Å². The summed E-state index contributed by atoms with van der Waals surface area (Å²) in [6.07, 6.45) is 1.40. The van der Waals surface area contributed by atoms with Crippen molar-refractivity contribution in [3.63, 3.8) is 0 Å². The molecule has 1 aromatic carbocycles. The van der Waals surface area contributed by atoms with E-state index in [0.29, 0.717) is 17.2 Å². The molecule has 0 spiro atoms. The van der Waals surface area contributed by atoms with E-state index in [1.807, 2.05) is 19.0 Å². The molecule has 2 N–H and O–H groups in total. The number of benzene rings is 1. The minimum Gasteiger partial charge on any atom is -0.508 e. The van der Waals surface area contributed by atoms with Crippen LogP contribution < -0.4 is 10.3 Å². The number of amides is 1. The van der Waals surface area contributed by atoms with Gasteiger partial charge >= 0.3 is 0 Å². The van der Waals surface area contributed by atoms with E-state index < -0.39 is 5.91 Å². The first-order valence-corrected chi connectivity index (χ1v) is 6.86. The maximum absolute atomic E-state index is 11.8. The molecule has 0 saturated heterocycles. The van der Waals surface area contributed by atoms with Gasteiger partial charge in [-0.05, 0) is 34.1 Å². The van der Waals surface area contributed by atoms with Crippen molar-refractivity contribution in [2.24, 2.45) is 5.10 Å². The molecule has 1 aromatic heterocycles. The Labute approximate surface area is 130 Å². The highest BCUT2D eigenvalue weighted by Crippen LogP contribution is 2.27. The molecule has 7 heteroatoms. The summed E-state index contributed by atoms with van der Waals surface area (Å²) in [6, 6.07) is 7.76. The van der Waals surface area contributed by atoms with Crippen molar-refractivity contribution in [3.8, 4) is 5.75 Å². The summed E-state index contributed by atoms with van der Waals surface area (Å²) in [7, 11) is 3.71. The van der Waals surface area contributed by atoms with E-state index in [9.17, 15) is 9.90 Å². The number of carbonyl (C=O) groups excluding carboxylic acids is 1. The molecular formula is C14H14BrN3O3. The summed E-state index contributed by atoms with van der Waals surface area (Å²) in [4.78, 5) is 13.6. The largest absolute Gasteiger partial charge is 0.508 e. The molecule has 21 heavy (non-hydrogen) atoms. The quantitative estimate of drug-likeness (QED) is 0.655. The fraction of sp³-hybridized carbons (Fsp3) is 0.143. The molecule has 6 nitrogen and oxygen atoms in total. The van der Waals surface area contributed by atoms with Crippen LogP contribution in [0.3, 0.4) is 0 Å². The number of aromatic hydroxyl groups is 1. The molecule has 110 valence electrons. The molecule has 0 atom stereocenters. The van der Waals surface area contributed by atoms with Gasteiger partial charge in [0.15, 0.2) is 5.76 Å². The van der Waals surface area contributed by atoms with E-state index in [1.54, 1.807) is 18.2 Å². The number of hydrogen-bond donors (Lipinski definition) is 2. The van der Waals surface area contributed by atoms with Gasteiger partial charge in [0, 0.05) is 25.7 Å². The second-order valence-corrected chi connectivity index (χ2v) is 5.30. The Morgan fingerprint density at radius 2 is 2.19 bits per heavy atom. The van der Waals surface area contributed by atoms with Gasteiger partial charge in [0.2, 0.25) is 5.88 Å². The van der Waals surface area contributed by atoms with Gasteiger partial charge in [0.1, 0.15) is 5.75 Å². The third-order valence-corrected chi connectivity index (χ3v) is 3.13. The van der Waals surface area contributed by atoms with Gasteiger partial charge < -0.3 is 14.4 Å². The second kappa shape index (κ2) is 6.45. The summed E-state index contributed by atoms with van der Waals surface area (Å²) in [5.74, 6) is 0.773. The predicted octanol–water partition coefficient (Wildman–Crippen LogP) is 2.58. The Hall–Kier alpha value is -2.28. The van der Waals surface area contributed by atoms with Gasteiger partial charge in [-0.1, -0.05) is 6.07 Å². The normalized spacial score (nSPS) is 10.8. The van der Waals surface area contributed by atoms with Crippen LogP contribution in [0, 0.1) is 0 Å². The molecule has 0 fully saturated rings. The minimum atomic E-state index is -0.416. The molecule has 0 saturated carbocycles. The first-order chi connectivity index (χ1) is 9.97. The van der Waals surface area contributed by atoms with Crippen molar-refractivity contribution in [2.45, 2.75) is 0 Å². The summed E-state index contributed by atoms with van der Waals surface area (Å²) in [5, 5.41) is 13.1. The number of furan rings is 1. The molecule has 0 bridgehead atoms. The highest BCUT2D eigenvalue weighted by atomic mass is 79.9. The number of phenols is 1. The van der Waals surface area contributed by atoms with Crippen molar-refractivity contribution >= 4 is 33.9 Å². The minimum absolute atomic E-state index is 0.0252. The van der Waals surface area contributed by atoms with Gasteiger partial charge in [0.05, 0.1) is 10.7 Å². The van der Waals surface area contributed by atoms with Crippen molar-refractivity contribution in [1.82, 2.24) is 5.43 Å². The predicted molar refractivity (Wildman–Crippen MR) is 83.9 cm³/mol. The van der Waals surface area contributed by atoms with E-state index in [2.05, 4.69) is 26.5 Å². The molecule has 2 rings (SSSR count). The fourth-order valence-electron chi connectivity index (χ4n) is 1.61. The number of phenolic OH excluding ortho intramolecular Hbond substituents is 1. The third-order valence-electron chi connectivity index (χ3n) is 2.56. The van der Waals surface area contributed by atoms with Crippen molar-refractivity contribution in [3.05, 3.63) is 46.1 Å². The van der Waals surface area contributed by atoms with Crippen LogP contribution in [0.2, 0.25) is 0 Å². The van der Waals surface area contributed by atoms with E-state index in [-0.39, 0.29) is 5.75 Å². The number of carbonyl (C=O) groups is 1. The molecule has 0 aliphatic rings. The molecule has 0 aliphatic carbocycles. The highest BCUT2D eigenvalue weighted by Gasteiger charge is 2.09. The Kier molecular flexibility index (Phi) is 4.64. The zero-order chi connectivity index (χ0) is 15.4. The second-order valence-electron chi connectivity index (χ2n) is 4.45. The summed E-state index contributed by atoms with van der Waals surface area (Å²) in [6.45, 7) is 0. The first kappa shape index (κ1) is 15.1. The molecule has 0 unspecified atom stereocenters. The number of halogens is 1. The zero-order valence-electron chi connectivity index (χ0n) is 11.5. The maximum atomic E-state index is 11.8. The molecule has 0 radical (unpaired) electrons. The highest BCUT2D eigenvalue weighted by molar-refractivity contribution is 9.10. The van der Waals surface area contributed by atoms with E-state index in [1.165, 1.54) is 18.3 Å². The van der Waals surface area contributed by atoms with Crippen LogP contribution in [-0.4, -0.2) is 31.3 Å². The number of nitrogens with one attached hydrogen (secondary N) is 1. The van der Waals surface area contributed by atoms with Gasteiger partial charge in [-0.3, -0.25) is 4.79 Å². The van der Waals surface area contributed by atoms with E-state index in [4.69, 9.17) is 4.42 Å². The standard InChI is InChI=1S/C14H14BrN3O3/c1-18(2)14-12(15)7-11(21-14)8-16-17-13(20)9-4-3-5-10(19)6-9/h3-8,19H,1-2H3,(H,17,20)/b16-8+. The van der Waals surface area contributed by atoms with E-state index >= 15 is 0 Å². The Bertz CT molecular complexity index is 680. The van der Waals surface area contributed by atoms with Crippen LogP contribution in [0.15, 0.2) is 44.3 Å². The number of anilines is 1. The molecule has 0 aliphatic heterocycles. The van der Waals surface area contributed by atoms with Crippen molar-refractivity contribution < 1.29 is 14.3 Å². The van der Waals surface area contributed by atoms with Crippen LogP contribution >= 0.6 is 15.9 Å². The summed E-state index contributed by atoms with van der Waals surface area (Å²) in [5.41, 5.74) is 2.68. The van der Waals surface area contributed by atoms with Crippen molar-refractivity contribution in [2.75, 3.05) is 19.0 Å². The topological polar surface area (TPSA) is 78.1 Å². The molecule has 2 aromatic rings. The van der Waals surface area contributed by atoms with Crippen LogP contribution in [-0.2, 0) is 0 Å². The van der Waals surface area contributed by atoms with Crippen LogP contribution in [0.1, 0.15) is 16.1 Å². The lowest BCUT2D eigenvalue weighted by Gasteiger charge is -2.07. The zero-order valence-corrected chi connectivity index (χ0v) is 13.1. The Morgan fingerprint density at radius 3 is 2.81 bits per heavy atom. The fourth-order valence-corrected chi connectivity index (χ4v) is 2.27. The summed E-state index contributed by atoms with van der Waals surface area (Å²) >= 11 is 3.37. The SMILES string of the molecule is CN(C)c1oc(/C=N/NC(=O)c2cccc(O)c2)cc1Br. The molecule has 1 heterocycles. The maximum Gasteiger partial charge on any atom is 0.271 e. The average molecular weight is 352 g/mol. The van der Waals surface area contributed by atoms with Gasteiger partial charge in [-0.15, -0.1) is 0 Å². The first-order valence-electron chi connectivity index (χ1n) is 6.06. The Balaban J connectivity index is 2.02. The van der Waals surface area contributed by atoms with E-state index in [0.717, 1.165) is 4.47 Å². The summed E-state index contributed by atoms with van der Waals surface area (Å²) < 4.78 is 6.32. The lowest BCUT2D eigenvalue weighted by Crippen LogP contribution is -2.17. The lowest BCUT2D eigenvalue weighted by molar-refractivity contribution is 0.0954. The number of hydrogen-bond acceptors (Lipinski definition) is 5. The number of rotatable bonds is 4. The lowest BCUT2D eigenvalue weighted by atomic mass is 10.2. The number of hydrazone groups is 1. The van der Waals surface area contributed by atoms with Crippen molar-refractivity contribution in [1.29, 1.82) is 0 Å².